The fraction of sp³-hybridized carbons (Fsp3) is 0.389. The van der Waals surface area contributed by atoms with Crippen LogP contribution in [0.1, 0.15) is 24.1 Å². The van der Waals surface area contributed by atoms with Gasteiger partial charge in [-0.3, -0.25) is 9.59 Å². The second-order valence-electron chi connectivity index (χ2n) is 6.07. The zero-order chi connectivity index (χ0) is 16.9. The Kier molecular flexibility index (Phi) is 4.93. The standard InChI is InChI=1S/C18H22N4O2/c1-14-10-19-13-21(14)12-17(23)20-11-18(24)22-9-5-4-7-15-6-2-3-8-16(15)22/h2-3,6,8,10,13H,4-5,7,9,11-12H2,1H3,(H,20,23). The summed E-state index contributed by atoms with van der Waals surface area (Å²) in [5.74, 6) is -0.257. The fourth-order valence-electron chi connectivity index (χ4n) is 2.98. The number of nitrogens with one attached hydrogen (secondary N) is 1. The van der Waals surface area contributed by atoms with Crippen molar-refractivity contribution in [3.8, 4) is 0 Å². The molecular weight excluding hydrogens is 304 g/mol. The molecule has 0 saturated carbocycles. The monoisotopic (exact) mass is 326 g/mol. The van der Waals surface area contributed by atoms with Gasteiger partial charge < -0.3 is 14.8 Å². The summed E-state index contributed by atoms with van der Waals surface area (Å²) in [5.41, 5.74) is 3.08. The van der Waals surface area contributed by atoms with E-state index < -0.39 is 0 Å². The maximum absolute atomic E-state index is 12.6. The molecule has 0 saturated heterocycles. The van der Waals surface area contributed by atoms with Crippen LogP contribution in [0.25, 0.3) is 0 Å². The number of amides is 2. The van der Waals surface area contributed by atoms with Crippen molar-refractivity contribution in [2.24, 2.45) is 0 Å². The fourth-order valence-corrected chi connectivity index (χ4v) is 2.98. The predicted octanol–water partition coefficient (Wildman–Crippen LogP) is 1.68. The molecule has 0 unspecified atom stereocenters. The van der Waals surface area contributed by atoms with Crippen molar-refractivity contribution >= 4 is 17.5 Å². The van der Waals surface area contributed by atoms with E-state index in [1.807, 2.05) is 25.1 Å². The number of anilines is 1. The van der Waals surface area contributed by atoms with Crippen LogP contribution in [0.4, 0.5) is 5.69 Å². The van der Waals surface area contributed by atoms with E-state index in [9.17, 15) is 9.59 Å². The molecule has 0 aliphatic carbocycles. The first kappa shape index (κ1) is 16.2. The number of para-hydroxylation sites is 1. The number of imidazole rings is 1. The van der Waals surface area contributed by atoms with Crippen LogP contribution in [0.5, 0.6) is 0 Å². The lowest BCUT2D eigenvalue weighted by Gasteiger charge is -2.23. The number of aromatic nitrogens is 2. The van der Waals surface area contributed by atoms with Gasteiger partial charge in [-0.15, -0.1) is 0 Å². The molecule has 6 nitrogen and oxygen atoms in total. The van der Waals surface area contributed by atoms with Crippen LogP contribution < -0.4 is 10.2 Å². The Hall–Kier alpha value is -2.63. The van der Waals surface area contributed by atoms with Crippen molar-refractivity contribution in [3.63, 3.8) is 0 Å². The molecule has 1 aliphatic rings. The van der Waals surface area contributed by atoms with Crippen LogP contribution in [0, 0.1) is 6.92 Å². The molecule has 0 fully saturated rings. The van der Waals surface area contributed by atoms with Crippen molar-refractivity contribution in [1.82, 2.24) is 14.9 Å². The minimum atomic E-state index is -0.187. The SMILES string of the molecule is Cc1cncn1CC(=O)NCC(=O)N1CCCCc2ccccc21. The first-order valence-electron chi connectivity index (χ1n) is 8.27. The zero-order valence-electron chi connectivity index (χ0n) is 13.9. The molecule has 24 heavy (non-hydrogen) atoms. The summed E-state index contributed by atoms with van der Waals surface area (Å²) in [6.45, 7) is 2.78. The third-order valence-corrected chi connectivity index (χ3v) is 4.33. The summed E-state index contributed by atoms with van der Waals surface area (Å²) >= 11 is 0. The topological polar surface area (TPSA) is 67.2 Å². The Balaban J connectivity index is 1.61. The average molecular weight is 326 g/mol. The van der Waals surface area contributed by atoms with Crippen LogP contribution in [-0.4, -0.2) is 34.5 Å². The molecule has 126 valence electrons. The highest BCUT2D eigenvalue weighted by molar-refractivity contribution is 5.97. The van der Waals surface area contributed by atoms with Crippen LogP contribution in [-0.2, 0) is 22.6 Å². The molecule has 6 heteroatoms. The van der Waals surface area contributed by atoms with Gasteiger partial charge >= 0.3 is 0 Å². The predicted molar refractivity (Wildman–Crippen MR) is 91.7 cm³/mol. The molecule has 0 spiro atoms. The maximum Gasteiger partial charge on any atom is 0.246 e. The second-order valence-corrected chi connectivity index (χ2v) is 6.07. The van der Waals surface area contributed by atoms with Crippen molar-refractivity contribution in [2.45, 2.75) is 32.7 Å². The number of aryl methyl sites for hydroxylation is 2. The summed E-state index contributed by atoms with van der Waals surface area (Å²) in [5, 5.41) is 2.72. The highest BCUT2D eigenvalue weighted by atomic mass is 16.2. The number of carbonyl (C=O) groups is 2. The molecule has 1 N–H and O–H groups in total. The van der Waals surface area contributed by atoms with E-state index in [2.05, 4.69) is 16.4 Å². The number of carbonyl (C=O) groups excluding carboxylic acids is 2. The molecule has 3 rings (SSSR count). The number of hydrogen-bond donors (Lipinski definition) is 1. The normalized spacial score (nSPS) is 14.0. The largest absolute Gasteiger partial charge is 0.345 e. The van der Waals surface area contributed by atoms with Crippen molar-refractivity contribution in [2.75, 3.05) is 18.0 Å². The van der Waals surface area contributed by atoms with Gasteiger partial charge in [0.15, 0.2) is 0 Å². The Morgan fingerprint density at radius 3 is 2.88 bits per heavy atom. The molecule has 1 aliphatic heterocycles. The van der Waals surface area contributed by atoms with E-state index in [-0.39, 0.29) is 24.9 Å². The molecule has 1 aromatic heterocycles. The Bertz CT molecular complexity index is 738. The minimum absolute atomic E-state index is 0.0148. The summed E-state index contributed by atoms with van der Waals surface area (Å²) < 4.78 is 1.75. The molecule has 2 aromatic rings. The summed E-state index contributed by atoms with van der Waals surface area (Å²) in [6, 6.07) is 8.00. The third kappa shape index (κ3) is 3.64. The van der Waals surface area contributed by atoms with Gasteiger partial charge in [0.1, 0.15) is 6.54 Å². The zero-order valence-corrected chi connectivity index (χ0v) is 13.9. The summed E-state index contributed by atoms with van der Waals surface area (Å²) in [6.07, 6.45) is 6.36. The number of fused-ring (bicyclic) bond motifs is 1. The smallest absolute Gasteiger partial charge is 0.246 e. The summed E-state index contributed by atoms with van der Waals surface area (Å²) in [4.78, 5) is 30.4. The Labute approximate surface area is 141 Å². The maximum atomic E-state index is 12.6. The van der Waals surface area contributed by atoms with Crippen LogP contribution in [0.3, 0.4) is 0 Å². The van der Waals surface area contributed by atoms with Gasteiger partial charge in [-0.2, -0.15) is 0 Å². The molecular formula is C18H22N4O2. The van der Waals surface area contributed by atoms with E-state index in [1.165, 1.54) is 5.56 Å². The van der Waals surface area contributed by atoms with Crippen molar-refractivity contribution in [1.29, 1.82) is 0 Å². The van der Waals surface area contributed by atoms with Gasteiger partial charge in [0.05, 0.1) is 12.9 Å². The minimum Gasteiger partial charge on any atom is -0.345 e. The quantitative estimate of drug-likeness (QED) is 0.929. The first-order chi connectivity index (χ1) is 11.6. The van der Waals surface area contributed by atoms with Gasteiger partial charge in [0.2, 0.25) is 11.8 Å². The van der Waals surface area contributed by atoms with Crippen LogP contribution in [0.15, 0.2) is 36.8 Å². The van der Waals surface area contributed by atoms with Gasteiger partial charge in [-0.1, -0.05) is 18.2 Å². The summed E-state index contributed by atoms with van der Waals surface area (Å²) in [7, 11) is 0. The van der Waals surface area contributed by atoms with Gasteiger partial charge in [0.25, 0.3) is 0 Å². The lowest BCUT2D eigenvalue weighted by Crippen LogP contribution is -2.41. The molecule has 2 heterocycles. The molecule has 1 aromatic carbocycles. The van der Waals surface area contributed by atoms with Crippen LogP contribution >= 0.6 is 0 Å². The van der Waals surface area contributed by atoms with Gasteiger partial charge in [0, 0.05) is 24.1 Å². The molecule has 0 atom stereocenters. The Morgan fingerprint density at radius 2 is 2.08 bits per heavy atom. The van der Waals surface area contributed by atoms with Gasteiger partial charge in [-0.05, 0) is 37.8 Å². The van der Waals surface area contributed by atoms with E-state index in [1.54, 1.807) is 22.0 Å². The molecule has 0 radical (unpaired) electrons. The molecule has 2 amide bonds. The first-order valence-corrected chi connectivity index (χ1v) is 8.27. The molecule has 0 bridgehead atoms. The lowest BCUT2D eigenvalue weighted by atomic mass is 10.1. The van der Waals surface area contributed by atoms with E-state index >= 15 is 0 Å². The number of rotatable bonds is 4. The lowest BCUT2D eigenvalue weighted by molar-refractivity contribution is -0.125. The van der Waals surface area contributed by atoms with Crippen molar-refractivity contribution < 1.29 is 9.59 Å². The Morgan fingerprint density at radius 1 is 1.25 bits per heavy atom. The number of hydrogen-bond acceptors (Lipinski definition) is 3. The van der Waals surface area contributed by atoms with Gasteiger partial charge in [-0.25, -0.2) is 4.98 Å². The van der Waals surface area contributed by atoms with Crippen molar-refractivity contribution in [3.05, 3.63) is 48.0 Å². The van der Waals surface area contributed by atoms with E-state index in [4.69, 9.17) is 0 Å². The van der Waals surface area contributed by atoms with Crippen LogP contribution in [0.2, 0.25) is 0 Å². The third-order valence-electron chi connectivity index (χ3n) is 4.33. The second kappa shape index (κ2) is 7.29. The van der Waals surface area contributed by atoms with E-state index in [0.717, 1.165) is 30.6 Å². The highest BCUT2D eigenvalue weighted by Gasteiger charge is 2.21. The number of nitrogens with zero attached hydrogens (tertiary/aromatic N) is 3. The highest BCUT2D eigenvalue weighted by Crippen LogP contribution is 2.25. The number of benzene rings is 1. The van der Waals surface area contributed by atoms with E-state index in [0.29, 0.717) is 6.54 Å². The average Bonchev–Trinajstić information content (AvgIpc) is 2.86.